The molecule has 1 aliphatic rings. The van der Waals surface area contributed by atoms with E-state index >= 15 is 0 Å². The number of hydrogen-bond acceptors (Lipinski definition) is 4. The minimum atomic E-state index is -0.0797. The predicted octanol–water partition coefficient (Wildman–Crippen LogP) is 7.12. The van der Waals surface area contributed by atoms with E-state index < -0.39 is 0 Å². The molecule has 1 N–H and O–H groups in total. The summed E-state index contributed by atoms with van der Waals surface area (Å²) in [6.07, 6.45) is 0.923. The van der Waals surface area contributed by atoms with Gasteiger partial charge in [-0.15, -0.1) is 11.3 Å². The molecule has 0 spiro atoms. The number of rotatable bonds is 8. The van der Waals surface area contributed by atoms with Crippen LogP contribution in [0.3, 0.4) is 0 Å². The van der Waals surface area contributed by atoms with E-state index in [1.54, 1.807) is 11.3 Å². The molecule has 0 aliphatic carbocycles. The van der Waals surface area contributed by atoms with E-state index in [4.69, 9.17) is 11.6 Å². The summed E-state index contributed by atoms with van der Waals surface area (Å²) in [6, 6.07) is 30.5. The van der Waals surface area contributed by atoms with E-state index in [9.17, 15) is 4.79 Å². The maximum absolute atomic E-state index is 13.1. The zero-order valence-electron chi connectivity index (χ0n) is 21.1. The van der Waals surface area contributed by atoms with Crippen molar-refractivity contribution >= 4 is 33.8 Å². The molecule has 1 atom stereocenters. The maximum atomic E-state index is 13.1. The van der Waals surface area contributed by atoms with Gasteiger partial charge in [0.15, 0.2) is 0 Å². The Kier molecular flexibility index (Phi) is 8.37. The molecule has 4 nitrogen and oxygen atoms in total. The number of nitrogens with zero attached hydrogens (tertiary/aromatic N) is 2. The van der Waals surface area contributed by atoms with Gasteiger partial charge in [0.05, 0.1) is 6.04 Å². The second kappa shape index (κ2) is 12.1. The van der Waals surface area contributed by atoms with Crippen LogP contribution in [0, 0.1) is 0 Å². The van der Waals surface area contributed by atoms with Gasteiger partial charge in [-0.2, -0.15) is 0 Å². The fraction of sp³-hybridized carbons (Fsp3) is 0.258. The van der Waals surface area contributed by atoms with Gasteiger partial charge in [-0.25, -0.2) is 0 Å². The highest BCUT2D eigenvalue weighted by molar-refractivity contribution is 7.16. The monoisotopic (exact) mass is 529 g/mol. The number of nitrogens with one attached hydrogen (secondary N) is 1. The van der Waals surface area contributed by atoms with Crippen LogP contribution in [0.15, 0.2) is 91.0 Å². The summed E-state index contributed by atoms with van der Waals surface area (Å²) >= 11 is 8.15. The molecule has 1 aliphatic heterocycles. The van der Waals surface area contributed by atoms with Crippen molar-refractivity contribution < 1.29 is 4.79 Å². The number of amides is 1. The molecule has 4 aromatic rings. The lowest BCUT2D eigenvalue weighted by molar-refractivity contribution is 0.102. The van der Waals surface area contributed by atoms with Gasteiger partial charge in [-0.05, 0) is 47.9 Å². The Morgan fingerprint density at radius 2 is 1.62 bits per heavy atom. The van der Waals surface area contributed by atoms with Crippen molar-refractivity contribution in [2.24, 2.45) is 0 Å². The van der Waals surface area contributed by atoms with Crippen molar-refractivity contribution in [2.45, 2.75) is 25.9 Å². The first-order valence-corrected chi connectivity index (χ1v) is 14.0. The number of carbonyl (C=O) groups excluding carboxylic acids is 1. The molecule has 1 aromatic heterocycles. The van der Waals surface area contributed by atoms with Crippen LogP contribution in [0.1, 0.15) is 44.9 Å². The van der Waals surface area contributed by atoms with Crippen LogP contribution in [0.25, 0.3) is 0 Å². The molecular formula is C31H32ClN3OS. The van der Waals surface area contributed by atoms with Crippen LogP contribution in [-0.4, -0.2) is 41.9 Å². The van der Waals surface area contributed by atoms with Gasteiger partial charge in [-0.3, -0.25) is 14.6 Å². The van der Waals surface area contributed by atoms with Crippen molar-refractivity contribution in [1.82, 2.24) is 9.80 Å². The number of halogens is 1. The smallest absolute Gasteiger partial charge is 0.256 e. The van der Waals surface area contributed by atoms with Crippen molar-refractivity contribution in [1.29, 1.82) is 0 Å². The van der Waals surface area contributed by atoms with E-state index in [0.717, 1.165) is 60.3 Å². The molecule has 37 heavy (non-hydrogen) atoms. The molecule has 5 rings (SSSR count). The Morgan fingerprint density at radius 3 is 2.30 bits per heavy atom. The summed E-state index contributed by atoms with van der Waals surface area (Å²) in [7, 11) is 0. The molecule has 190 valence electrons. The Hall–Kier alpha value is -2.96. The lowest BCUT2D eigenvalue weighted by Crippen LogP contribution is -2.47. The van der Waals surface area contributed by atoms with Crippen LogP contribution >= 0.6 is 22.9 Å². The van der Waals surface area contributed by atoms with Crippen LogP contribution in [0.4, 0.5) is 5.00 Å². The van der Waals surface area contributed by atoms with Crippen molar-refractivity contribution in [3.8, 4) is 0 Å². The van der Waals surface area contributed by atoms with Gasteiger partial charge in [0.25, 0.3) is 5.91 Å². The Morgan fingerprint density at radius 1 is 0.919 bits per heavy atom. The highest BCUT2D eigenvalue weighted by atomic mass is 35.5. The number of aryl methyl sites for hydroxylation is 1. The van der Waals surface area contributed by atoms with Crippen LogP contribution in [0.5, 0.6) is 0 Å². The Labute approximate surface area is 228 Å². The standard InChI is InChI=1S/C31H32ClN3OS/c1-2-27-21-28(31(37-27)33-30(36)24-12-7-4-8-13-24)29(25-14-9-15-26(32)20-25)35-18-16-34(17-19-35)22-23-10-5-3-6-11-23/h3-15,20-21,29H,2,16-19,22H2,1H3,(H,33,36)/t29-/m1/s1. The molecule has 0 radical (unpaired) electrons. The second-order valence-corrected chi connectivity index (χ2v) is 11.0. The van der Waals surface area contributed by atoms with Crippen molar-refractivity contribution in [2.75, 3.05) is 31.5 Å². The molecule has 0 saturated carbocycles. The zero-order chi connectivity index (χ0) is 25.6. The Balaban J connectivity index is 1.43. The fourth-order valence-electron chi connectivity index (χ4n) is 4.98. The number of thiophene rings is 1. The lowest BCUT2D eigenvalue weighted by atomic mass is 9.97. The van der Waals surface area contributed by atoms with E-state index in [2.05, 4.69) is 70.6 Å². The summed E-state index contributed by atoms with van der Waals surface area (Å²) in [6.45, 7) is 6.98. The van der Waals surface area contributed by atoms with E-state index in [0.29, 0.717) is 5.56 Å². The Bertz CT molecular complexity index is 1320. The number of piperazine rings is 1. The quantitative estimate of drug-likeness (QED) is 0.264. The number of anilines is 1. The molecule has 1 saturated heterocycles. The number of hydrogen-bond donors (Lipinski definition) is 1. The van der Waals surface area contributed by atoms with Crippen LogP contribution < -0.4 is 5.32 Å². The van der Waals surface area contributed by atoms with Crippen LogP contribution in [0.2, 0.25) is 5.02 Å². The van der Waals surface area contributed by atoms with E-state index in [1.807, 2.05) is 42.5 Å². The van der Waals surface area contributed by atoms with Gasteiger partial charge < -0.3 is 5.32 Å². The average molecular weight is 530 g/mol. The first kappa shape index (κ1) is 25.7. The maximum Gasteiger partial charge on any atom is 0.256 e. The first-order chi connectivity index (χ1) is 18.1. The molecule has 3 aromatic carbocycles. The molecule has 0 unspecified atom stereocenters. The molecular weight excluding hydrogens is 498 g/mol. The fourth-order valence-corrected chi connectivity index (χ4v) is 6.21. The average Bonchev–Trinajstić information content (AvgIpc) is 3.33. The van der Waals surface area contributed by atoms with Gasteiger partial charge in [0.2, 0.25) is 0 Å². The van der Waals surface area contributed by atoms with Gasteiger partial charge in [0.1, 0.15) is 5.00 Å². The molecule has 0 bridgehead atoms. The predicted molar refractivity (Wildman–Crippen MR) is 155 cm³/mol. The minimum absolute atomic E-state index is 0.0141. The third-order valence-corrected chi connectivity index (χ3v) is 8.35. The van der Waals surface area contributed by atoms with Crippen molar-refractivity contribution in [3.05, 3.63) is 123 Å². The second-order valence-electron chi connectivity index (χ2n) is 9.43. The topological polar surface area (TPSA) is 35.6 Å². The highest BCUT2D eigenvalue weighted by Gasteiger charge is 2.30. The molecule has 1 amide bonds. The first-order valence-electron chi connectivity index (χ1n) is 12.9. The number of benzene rings is 3. The van der Waals surface area contributed by atoms with Gasteiger partial charge in [0, 0.05) is 53.8 Å². The lowest BCUT2D eigenvalue weighted by Gasteiger charge is -2.40. The SMILES string of the molecule is CCc1cc([C@@H](c2cccc(Cl)c2)N2CCN(Cc3ccccc3)CC2)c(NC(=O)c2ccccc2)s1. The van der Waals surface area contributed by atoms with Crippen molar-refractivity contribution in [3.63, 3.8) is 0 Å². The summed E-state index contributed by atoms with van der Waals surface area (Å²) < 4.78 is 0. The third-order valence-electron chi connectivity index (χ3n) is 6.90. The number of carbonyl (C=O) groups is 1. The summed E-state index contributed by atoms with van der Waals surface area (Å²) in [5.74, 6) is -0.0797. The largest absolute Gasteiger partial charge is 0.313 e. The van der Waals surface area contributed by atoms with Gasteiger partial charge in [-0.1, -0.05) is 79.2 Å². The van der Waals surface area contributed by atoms with Gasteiger partial charge >= 0.3 is 0 Å². The summed E-state index contributed by atoms with van der Waals surface area (Å²) in [5.41, 5.74) is 4.30. The van der Waals surface area contributed by atoms with E-state index in [-0.39, 0.29) is 11.9 Å². The molecule has 6 heteroatoms. The van der Waals surface area contributed by atoms with Crippen LogP contribution in [-0.2, 0) is 13.0 Å². The molecule has 1 fully saturated rings. The third kappa shape index (κ3) is 6.31. The highest BCUT2D eigenvalue weighted by Crippen LogP contribution is 2.40. The minimum Gasteiger partial charge on any atom is -0.313 e. The van der Waals surface area contributed by atoms with E-state index in [1.165, 1.54) is 10.4 Å². The summed E-state index contributed by atoms with van der Waals surface area (Å²) in [4.78, 5) is 19.4. The summed E-state index contributed by atoms with van der Waals surface area (Å²) in [5, 5.41) is 4.88. The normalized spacial score (nSPS) is 15.4. The molecule has 2 heterocycles. The zero-order valence-corrected chi connectivity index (χ0v) is 22.6.